The molecule has 5 aromatic rings. The van der Waals surface area contributed by atoms with Crippen molar-refractivity contribution in [2.24, 2.45) is 0 Å². The fraction of sp³-hybridized carbons (Fsp3) is 0. The zero-order valence-electron chi connectivity index (χ0n) is 11.2. The molecule has 0 aliphatic heterocycles. The van der Waals surface area contributed by atoms with Crippen LogP contribution in [-0.2, 0) is 0 Å². The van der Waals surface area contributed by atoms with E-state index in [1.807, 2.05) is 0 Å². The Morgan fingerprint density at radius 1 is 0.476 bits per heavy atom. The van der Waals surface area contributed by atoms with Crippen molar-refractivity contribution >= 4 is 59.0 Å². The monoisotopic (exact) mass is 330 g/mol. The molecule has 0 spiro atoms. The molecule has 0 aliphatic carbocycles. The Balaban J connectivity index is 2.31. The first-order valence-electron chi connectivity index (χ1n) is 7.08. The molecule has 0 atom stereocenters. The van der Waals surface area contributed by atoms with Crippen molar-refractivity contribution in [2.75, 3.05) is 0 Å². The lowest BCUT2D eigenvalue weighted by molar-refractivity contribution is 1.76. The van der Waals surface area contributed by atoms with Crippen LogP contribution in [0.5, 0.6) is 0 Å². The van der Waals surface area contributed by atoms with Crippen LogP contribution in [0.3, 0.4) is 0 Å². The molecule has 5 aromatic carbocycles. The number of halogens is 1. The van der Waals surface area contributed by atoms with Crippen molar-refractivity contribution in [3.8, 4) is 0 Å². The van der Waals surface area contributed by atoms with E-state index >= 15 is 0 Å². The average Bonchev–Trinajstić information content (AvgIpc) is 2.54. The summed E-state index contributed by atoms with van der Waals surface area (Å²) >= 11 is 3.71. The van der Waals surface area contributed by atoms with E-state index in [1.54, 1.807) is 0 Å². The molecular formula is C20H11Br. The predicted octanol–water partition coefficient (Wildman–Crippen LogP) is 6.50. The molecule has 0 fully saturated rings. The molecule has 0 radical (unpaired) electrons. The van der Waals surface area contributed by atoms with Crippen LogP contribution >= 0.6 is 15.9 Å². The molecule has 0 saturated carbocycles. The van der Waals surface area contributed by atoms with Crippen LogP contribution in [0.2, 0.25) is 0 Å². The van der Waals surface area contributed by atoms with Crippen molar-refractivity contribution in [1.29, 1.82) is 0 Å². The molecule has 0 amide bonds. The van der Waals surface area contributed by atoms with E-state index in [2.05, 4.69) is 82.7 Å². The Bertz CT molecular complexity index is 1140. The first-order valence-corrected chi connectivity index (χ1v) is 7.87. The summed E-state index contributed by atoms with van der Waals surface area (Å²) in [5, 5.41) is 10.7. The number of fused-ring (bicyclic) bond motifs is 3. The van der Waals surface area contributed by atoms with Crippen molar-refractivity contribution in [2.45, 2.75) is 0 Å². The third kappa shape index (κ3) is 1.39. The van der Waals surface area contributed by atoms with Crippen LogP contribution in [0, 0.1) is 0 Å². The quantitative estimate of drug-likeness (QED) is 0.224. The summed E-state index contributed by atoms with van der Waals surface area (Å²) in [5.74, 6) is 0. The molecule has 0 aliphatic rings. The van der Waals surface area contributed by atoms with Gasteiger partial charge in [-0.25, -0.2) is 0 Å². The van der Waals surface area contributed by atoms with E-state index in [1.165, 1.54) is 43.1 Å². The van der Waals surface area contributed by atoms with Crippen molar-refractivity contribution in [1.82, 2.24) is 0 Å². The molecule has 98 valence electrons. The molecule has 0 nitrogen and oxygen atoms in total. The van der Waals surface area contributed by atoms with Crippen LogP contribution < -0.4 is 0 Å². The molecular weight excluding hydrogens is 320 g/mol. The van der Waals surface area contributed by atoms with Gasteiger partial charge < -0.3 is 0 Å². The van der Waals surface area contributed by atoms with Crippen LogP contribution in [0.4, 0.5) is 0 Å². The van der Waals surface area contributed by atoms with E-state index in [-0.39, 0.29) is 0 Å². The normalized spacial score (nSPS) is 12.0. The molecule has 5 rings (SSSR count). The third-order valence-electron chi connectivity index (χ3n) is 4.48. The zero-order valence-corrected chi connectivity index (χ0v) is 12.8. The Morgan fingerprint density at radius 3 is 1.95 bits per heavy atom. The fourth-order valence-electron chi connectivity index (χ4n) is 3.59. The van der Waals surface area contributed by atoms with Gasteiger partial charge in [-0.1, -0.05) is 76.6 Å². The number of benzene rings is 5. The van der Waals surface area contributed by atoms with E-state index in [0.717, 1.165) is 4.47 Å². The SMILES string of the molecule is Brc1ccc2c3ccccc3c3cccc4ccc1c2c43. The van der Waals surface area contributed by atoms with Crippen molar-refractivity contribution in [3.05, 3.63) is 71.2 Å². The summed E-state index contributed by atoms with van der Waals surface area (Å²) in [6.07, 6.45) is 0. The van der Waals surface area contributed by atoms with E-state index < -0.39 is 0 Å². The second kappa shape index (κ2) is 3.96. The summed E-state index contributed by atoms with van der Waals surface area (Å²) in [5.41, 5.74) is 0. The highest BCUT2D eigenvalue weighted by molar-refractivity contribution is 9.10. The van der Waals surface area contributed by atoms with Gasteiger partial charge >= 0.3 is 0 Å². The largest absolute Gasteiger partial charge is 0.0616 e. The zero-order chi connectivity index (χ0) is 14.0. The minimum Gasteiger partial charge on any atom is -0.0616 e. The topological polar surface area (TPSA) is 0 Å². The van der Waals surface area contributed by atoms with E-state index in [4.69, 9.17) is 0 Å². The molecule has 0 N–H and O–H groups in total. The first-order chi connectivity index (χ1) is 10.3. The number of rotatable bonds is 0. The second-order valence-corrected chi connectivity index (χ2v) is 6.39. The Hall–Kier alpha value is -2.12. The van der Waals surface area contributed by atoms with Gasteiger partial charge in [-0.05, 0) is 49.2 Å². The smallest absolute Gasteiger partial charge is 0.0254 e. The van der Waals surface area contributed by atoms with Gasteiger partial charge in [0.15, 0.2) is 0 Å². The minimum absolute atomic E-state index is 1.16. The maximum Gasteiger partial charge on any atom is 0.0254 e. The summed E-state index contributed by atoms with van der Waals surface area (Å²) in [6, 6.07) is 24.2. The minimum atomic E-state index is 1.16. The van der Waals surface area contributed by atoms with Gasteiger partial charge in [0, 0.05) is 4.47 Å². The van der Waals surface area contributed by atoms with Gasteiger partial charge in [0.2, 0.25) is 0 Å². The maximum atomic E-state index is 3.71. The van der Waals surface area contributed by atoms with Gasteiger partial charge in [-0.15, -0.1) is 0 Å². The van der Waals surface area contributed by atoms with Gasteiger partial charge in [0.05, 0.1) is 0 Å². The van der Waals surface area contributed by atoms with Crippen LogP contribution in [0.1, 0.15) is 0 Å². The molecule has 21 heavy (non-hydrogen) atoms. The van der Waals surface area contributed by atoms with Crippen LogP contribution in [0.15, 0.2) is 71.2 Å². The van der Waals surface area contributed by atoms with Crippen LogP contribution in [-0.4, -0.2) is 0 Å². The summed E-state index contributed by atoms with van der Waals surface area (Å²) in [7, 11) is 0. The summed E-state index contributed by atoms with van der Waals surface area (Å²) in [6.45, 7) is 0. The third-order valence-corrected chi connectivity index (χ3v) is 5.17. The molecule has 0 unspecified atom stereocenters. The average molecular weight is 331 g/mol. The first kappa shape index (κ1) is 11.5. The van der Waals surface area contributed by atoms with E-state index in [9.17, 15) is 0 Å². The lowest BCUT2D eigenvalue weighted by Crippen LogP contribution is -1.87. The molecule has 0 saturated heterocycles. The van der Waals surface area contributed by atoms with Gasteiger partial charge in [0.1, 0.15) is 0 Å². The highest BCUT2D eigenvalue weighted by Crippen LogP contribution is 2.42. The predicted molar refractivity (Wildman–Crippen MR) is 95.4 cm³/mol. The van der Waals surface area contributed by atoms with Gasteiger partial charge in [-0.2, -0.15) is 0 Å². The van der Waals surface area contributed by atoms with Gasteiger partial charge in [-0.3, -0.25) is 0 Å². The highest BCUT2D eigenvalue weighted by Gasteiger charge is 2.13. The second-order valence-electron chi connectivity index (χ2n) is 5.53. The Morgan fingerprint density at radius 2 is 1.14 bits per heavy atom. The summed E-state index contributed by atoms with van der Waals surface area (Å²) < 4.78 is 1.16. The van der Waals surface area contributed by atoms with E-state index in [0.29, 0.717) is 0 Å². The molecule has 0 heterocycles. The lowest BCUT2D eigenvalue weighted by Gasteiger charge is -2.15. The highest BCUT2D eigenvalue weighted by atomic mass is 79.9. The standard InChI is InChI=1S/C20H11Br/c21-18-11-10-16-14-6-2-1-5-13(14)15-7-3-4-12-8-9-17(18)20(16)19(12)15/h1-11H. The lowest BCUT2D eigenvalue weighted by atomic mass is 9.89. The fourth-order valence-corrected chi connectivity index (χ4v) is 4.05. The summed E-state index contributed by atoms with van der Waals surface area (Å²) in [4.78, 5) is 0. The Kier molecular flexibility index (Phi) is 2.17. The number of hydrogen-bond donors (Lipinski definition) is 0. The van der Waals surface area contributed by atoms with Crippen LogP contribution in [0.25, 0.3) is 43.1 Å². The van der Waals surface area contributed by atoms with Crippen molar-refractivity contribution in [3.63, 3.8) is 0 Å². The number of hydrogen-bond acceptors (Lipinski definition) is 0. The maximum absolute atomic E-state index is 3.71. The molecule has 0 aromatic heterocycles. The Labute approximate surface area is 130 Å². The van der Waals surface area contributed by atoms with Crippen molar-refractivity contribution < 1.29 is 0 Å². The molecule has 0 bridgehead atoms. The molecule has 1 heteroatoms. The van der Waals surface area contributed by atoms with Gasteiger partial charge in [0.25, 0.3) is 0 Å².